The molecule has 1 nitrogen and oxygen atoms in total. The Balaban J connectivity index is 2.24. The van der Waals surface area contributed by atoms with Crippen LogP contribution in [0.4, 0.5) is 0 Å². The number of alkyl halides is 1. The minimum absolute atomic E-state index is 0.776. The Morgan fingerprint density at radius 3 is 2.44 bits per heavy atom. The van der Waals surface area contributed by atoms with Gasteiger partial charge in [0, 0.05) is 20.3 Å². The topological polar surface area (TPSA) is 9.23 Å². The van der Waals surface area contributed by atoms with Crippen LogP contribution in [0.15, 0.2) is 51.8 Å². The van der Waals surface area contributed by atoms with Crippen molar-refractivity contribution < 1.29 is 4.74 Å². The molecule has 0 heterocycles. The van der Waals surface area contributed by atoms with E-state index in [0.717, 1.165) is 26.9 Å². The number of rotatable bonds is 4. The molecule has 0 fully saturated rings. The van der Waals surface area contributed by atoms with Gasteiger partial charge in [0.05, 0.1) is 0 Å². The van der Waals surface area contributed by atoms with Gasteiger partial charge in [0.15, 0.2) is 0 Å². The van der Waals surface area contributed by atoms with Crippen molar-refractivity contribution in [3.8, 4) is 11.5 Å². The molecule has 0 radical (unpaired) electrons. The van der Waals surface area contributed by atoms with Gasteiger partial charge in [-0.2, -0.15) is 0 Å². The summed E-state index contributed by atoms with van der Waals surface area (Å²) in [4.78, 5) is 1.23. The molecule has 0 atom stereocenters. The van der Waals surface area contributed by atoms with E-state index in [0.29, 0.717) is 0 Å². The molecule has 0 aromatic heterocycles. The maximum absolute atomic E-state index is 5.91. The van der Waals surface area contributed by atoms with E-state index in [1.54, 1.807) is 11.8 Å². The molecule has 0 amide bonds. The highest BCUT2D eigenvalue weighted by Gasteiger charge is 2.05. The molecule has 0 spiro atoms. The van der Waals surface area contributed by atoms with Crippen LogP contribution in [0.5, 0.6) is 11.5 Å². The summed E-state index contributed by atoms with van der Waals surface area (Å²) in [5, 5.41) is 0.776. The van der Waals surface area contributed by atoms with Crippen molar-refractivity contribution >= 4 is 43.6 Å². The summed E-state index contributed by atoms with van der Waals surface area (Å²) >= 11 is 8.66. The number of hydrogen-bond donors (Lipinski definition) is 0. The molecule has 0 unspecified atom stereocenters. The number of hydrogen-bond acceptors (Lipinski definition) is 2. The van der Waals surface area contributed by atoms with Crippen LogP contribution in [-0.2, 0) is 5.33 Å². The van der Waals surface area contributed by atoms with Crippen molar-refractivity contribution in [2.45, 2.75) is 10.2 Å². The van der Waals surface area contributed by atoms with Crippen LogP contribution >= 0.6 is 43.6 Å². The fourth-order valence-corrected chi connectivity index (χ4v) is 2.72. The second-order valence-corrected chi connectivity index (χ2v) is 6.02. The number of thioether (sulfide) groups is 1. The minimum Gasteiger partial charge on any atom is -0.457 e. The van der Waals surface area contributed by atoms with Crippen molar-refractivity contribution in [2.24, 2.45) is 0 Å². The second-order valence-electron chi connectivity index (χ2n) is 3.66. The summed E-state index contributed by atoms with van der Waals surface area (Å²) in [5.41, 5.74) is 1.13. The smallest absolute Gasteiger partial charge is 0.132 e. The third kappa shape index (κ3) is 3.53. The summed E-state index contributed by atoms with van der Waals surface area (Å²) in [6.45, 7) is 0. The van der Waals surface area contributed by atoms with Crippen LogP contribution in [0.1, 0.15) is 5.56 Å². The zero-order valence-electron chi connectivity index (χ0n) is 9.82. The maximum Gasteiger partial charge on any atom is 0.132 e. The lowest BCUT2D eigenvalue weighted by molar-refractivity contribution is 0.478. The van der Waals surface area contributed by atoms with Gasteiger partial charge in [-0.3, -0.25) is 0 Å². The molecule has 4 heteroatoms. The largest absolute Gasteiger partial charge is 0.457 e. The van der Waals surface area contributed by atoms with Gasteiger partial charge in [0.25, 0.3) is 0 Å². The van der Waals surface area contributed by atoms with Gasteiger partial charge < -0.3 is 4.74 Å². The molecule has 0 saturated carbocycles. The fourth-order valence-electron chi connectivity index (χ4n) is 1.50. The highest BCUT2D eigenvalue weighted by molar-refractivity contribution is 9.10. The quantitative estimate of drug-likeness (QED) is 0.480. The van der Waals surface area contributed by atoms with E-state index in [1.165, 1.54) is 4.90 Å². The van der Waals surface area contributed by atoms with Crippen molar-refractivity contribution in [1.82, 2.24) is 0 Å². The average Bonchev–Trinajstić information content (AvgIpc) is 2.40. The summed E-state index contributed by atoms with van der Waals surface area (Å²) in [5.74, 6) is 1.73. The van der Waals surface area contributed by atoms with E-state index in [2.05, 4.69) is 50.2 Å². The van der Waals surface area contributed by atoms with Gasteiger partial charge in [0.1, 0.15) is 11.5 Å². The molecule has 94 valence electrons. The molecule has 0 aliphatic rings. The molecule has 2 rings (SSSR count). The Labute approximate surface area is 128 Å². The zero-order chi connectivity index (χ0) is 13.0. The molecule has 2 aromatic carbocycles. The molecule has 2 aromatic rings. The van der Waals surface area contributed by atoms with E-state index in [4.69, 9.17) is 4.74 Å². The number of halogens is 2. The number of benzene rings is 2. The van der Waals surface area contributed by atoms with Gasteiger partial charge in [-0.15, -0.1) is 11.8 Å². The van der Waals surface area contributed by atoms with Crippen LogP contribution in [0.25, 0.3) is 0 Å². The van der Waals surface area contributed by atoms with E-state index < -0.39 is 0 Å². The van der Waals surface area contributed by atoms with Gasteiger partial charge in [-0.25, -0.2) is 0 Å². The number of ether oxygens (including phenoxy) is 1. The normalized spacial score (nSPS) is 10.4. The molecular formula is C14H12Br2OS. The minimum atomic E-state index is 0.776. The molecule has 0 N–H and O–H groups in total. The van der Waals surface area contributed by atoms with Crippen molar-refractivity contribution in [1.29, 1.82) is 0 Å². The van der Waals surface area contributed by atoms with Crippen molar-refractivity contribution in [2.75, 3.05) is 6.26 Å². The first-order chi connectivity index (χ1) is 8.72. The Morgan fingerprint density at radius 2 is 1.83 bits per heavy atom. The average molecular weight is 388 g/mol. The SMILES string of the molecule is CSc1ccc(Oc2cc(Br)ccc2CBr)cc1. The van der Waals surface area contributed by atoms with Gasteiger partial charge in [-0.1, -0.05) is 37.9 Å². The standard InChI is InChI=1S/C14H12Br2OS/c1-18-13-6-4-12(5-7-13)17-14-8-11(16)3-2-10(14)9-15/h2-8H,9H2,1H3. The highest BCUT2D eigenvalue weighted by Crippen LogP contribution is 2.30. The third-order valence-electron chi connectivity index (χ3n) is 2.46. The second kappa shape index (κ2) is 6.64. The molecule has 18 heavy (non-hydrogen) atoms. The Kier molecular flexibility index (Phi) is 5.15. The van der Waals surface area contributed by atoms with Crippen molar-refractivity contribution in [3.05, 3.63) is 52.5 Å². The van der Waals surface area contributed by atoms with Crippen LogP contribution in [0.2, 0.25) is 0 Å². The predicted octanol–water partition coefficient (Wildman–Crippen LogP) is 5.86. The summed E-state index contributed by atoms with van der Waals surface area (Å²) in [7, 11) is 0. The van der Waals surface area contributed by atoms with Crippen LogP contribution in [0, 0.1) is 0 Å². The molecular weight excluding hydrogens is 376 g/mol. The van der Waals surface area contributed by atoms with Gasteiger partial charge in [-0.05, 0) is 42.7 Å². The summed E-state index contributed by atoms with van der Waals surface area (Å²) in [6.07, 6.45) is 2.06. The lowest BCUT2D eigenvalue weighted by Crippen LogP contribution is -1.89. The fraction of sp³-hybridized carbons (Fsp3) is 0.143. The van der Waals surface area contributed by atoms with Crippen LogP contribution < -0.4 is 4.74 Å². The summed E-state index contributed by atoms with van der Waals surface area (Å²) in [6, 6.07) is 14.1. The van der Waals surface area contributed by atoms with Gasteiger partial charge in [0.2, 0.25) is 0 Å². The van der Waals surface area contributed by atoms with Gasteiger partial charge >= 0.3 is 0 Å². The molecule has 0 bridgehead atoms. The van der Waals surface area contributed by atoms with Crippen LogP contribution in [0.3, 0.4) is 0 Å². The highest BCUT2D eigenvalue weighted by atomic mass is 79.9. The van der Waals surface area contributed by atoms with E-state index in [1.807, 2.05) is 30.3 Å². The lowest BCUT2D eigenvalue weighted by Gasteiger charge is -2.10. The van der Waals surface area contributed by atoms with E-state index in [-0.39, 0.29) is 0 Å². The molecule has 0 aliphatic heterocycles. The van der Waals surface area contributed by atoms with Crippen LogP contribution in [-0.4, -0.2) is 6.26 Å². The molecule has 0 aliphatic carbocycles. The zero-order valence-corrected chi connectivity index (χ0v) is 13.8. The third-order valence-corrected chi connectivity index (χ3v) is 4.30. The Bertz CT molecular complexity index is 526. The molecule has 0 saturated heterocycles. The maximum atomic E-state index is 5.91. The monoisotopic (exact) mass is 386 g/mol. The predicted molar refractivity (Wildman–Crippen MR) is 85.1 cm³/mol. The Hall–Kier alpha value is -0.450. The summed E-state index contributed by atoms with van der Waals surface area (Å²) < 4.78 is 6.93. The lowest BCUT2D eigenvalue weighted by atomic mass is 10.2. The first kappa shape index (κ1) is 14.0. The Morgan fingerprint density at radius 1 is 1.11 bits per heavy atom. The first-order valence-corrected chi connectivity index (χ1v) is 8.53. The van der Waals surface area contributed by atoms with E-state index >= 15 is 0 Å². The first-order valence-electron chi connectivity index (χ1n) is 5.39. The van der Waals surface area contributed by atoms with Crippen molar-refractivity contribution in [3.63, 3.8) is 0 Å². The van der Waals surface area contributed by atoms with E-state index in [9.17, 15) is 0 Å².